The van der Waals surface area contributed by atoms with E-state index in [9.17, 15) is 22.4 Å². The van der Waals surface area contributed by atoms with Gasteiger partial charge in [0.15, 0.2) is 17.3 Å². The van der Waals surface area contributed by atoms with Gasteiger partial charge in [-0.3, -0.25) is 4.90 Å². The fraction of sp³-hybridized carbons (Fsp3) is 0.552. The number of benzene rings is 2. The Hall–Kier alpha value is -3.05. The average Bonchev–Trinajstić information content (AvgIpc) is 3.33. The van der Waals surface area contributed by atoms with Gasteiger partial charge in [-0.05, 0) is 74.9 Å². The summed E-state index contributed by atoms with van der Waals surface area (Å²) in [5, 5.41) is 5.19. The second-order valence-corrected chi connectivity index (χ2v) is 10.8. The number of hydrogen-bond donors (Lipinski definition) is 2. The molecule has 2 heterocycles. The molecular weight excluding hydrogens is 530 g/mol. The van der Waals surface area contributed by atoms with Crippen molar-refractivity contribution >= 4 is 11.7 Å². The lowest BCUT2D eigenvalue weighted by Gasteiger charge is -2.47. The standard InChI is InChI=1S/C29H35F4N3O4/c1-38-23-7-6-18(16-24(23)39-2)28-11-8-19(17-25(28)36(13-12-28)20-9-14-40-15-10-20)34-27(37)35-22-5-3-4-21(26(22)30)29(31,32)33/h3-7,16,19-20,25H,8-15,17H2,1-2H3,(H2,34,35,37)/t19-,25+,28+/m1/s1. The summed E-state index contributed by atoms with van der Waals surface area (Å²) in [6, 6.07) is 8.46. The van der Waals surface area contributed by atoms with Gasteiger partial charge in [-0.25, -0.2) is 9.18 Å². The first-order valence-electron chi connectivity index (χ1n) is 13.7. The third-order valence-electron chi connectivity index (χ3n) is 8.81. The first kappa shape index (κ1) is 28.5. The quantitative estimate of drug-likeness (QED) is 0.438. The summed E-state index contributed by atoms with van der Waals surface area (Å²) in [5.74, 6) is -0.171. The fourth-order valence-electron chi connectivity index (χ4n) is 6.84. The van der Waals surface area contributed by atoms with E-state index in [0.717, 1.165) is 44.4 Å². The smallest absolute Gasteiger partial charge is 0.419 e. The molecule has 0 radical (unpaired) electrons. The molecule has 2 aromatic carbocycles. The number of halogens is 4. The van der Waals surface area contributed by atoms with Crippen molar-refractivity contribution < 1.29 is 36.6 Å². The van der Waals surface area contributed by atoms with Crippen molar-refractivity contribution in [1.82, 2.24) is 10.2 Å². The topological polar surface area (TPSA) is 72.1 Å². The third kappa shape index (κ3) is 5.45. The minimum atomic E-state index is -4.86. The van der Waals surface area contributed by atoms with Crippen molar-refractivity contribution in [2.75, 3.05) is 39.3 Å². The third-order valence-corrected chi connectivity index (χ3v) is 8.81. The molecule has 3 fully saturated rings. The number of anilines is 1. The maximum absolute atomic E-state index is 14.5. The maximum Gasteiger partial charge on any atom is 0.419 e. The zero-order valence-corrected chi connectivity index (χ0v) is 22.7. The van der Waals surface area contributed by atoms with Gasteiger partial charge < -0.3 is 24.8 Å². The summed E-state index contributed by atoms with van der Waals surface area (Å²) in [6.07, 6.45) is 0.104. The Balaban J connectivity index is 1.36. The van der Waals surface area contributed by atoms with Crippen molar-refractivity contribution in [1.29, 1.82) is 0 Å². The summed E-state index contributed by atoms with van der Waals surface area (Å²) in [6.45, 7) is 2.34. The Morgan fingerprint density at radius 2 is 1.80 bits per heavy atom. The van der Waals surface area contributed by atoms with Gasteiger partial charge in [-0.2, -0.15) is 13.2 Å². The van der Waals surface area contributed by atoms with Crippen molar-refractivity contribution in [2.45, 2.75) is 68.2 Å². The van der Waals surface area contributed by atoms with Crippen LogP contribution in [-0.2, 0) is 16.3 Å². The molecule has 0 bridgehead atoms. The molecule has 0 spiro atoms. The van der Waals surface area contributed by atoms with Crippen LogP contribution in [0.15, 0.2) is 36.4 Å². The van der Waals surface area contributed by atoms with Crippen LogP contribution in [-0.4, -0.2) is 63.0 Å². The molecule has 2 aliphatic heterocycles. The largest absolute Gasteiger partial charge is 0.493 e. The number of amides is 2. The van der Waals surface area contributed by atoms with Crippen LogP contribution in [0, 0.1) is 5.82 Å². The number of methoxy groups -OCH3 is 2. The van der Waals surface area contributed by atoms with E-state index < -0.39 is 29.3 Å². The number of fused-ring (bicyclic) bond motifs is 1. The molecular formula is C29H35F4N3O4. The minimum Gasteiger partial charge on any atom is -0.493 e. The molecule has 1 aliphatic carbocycles. The molecule has 2 saturated heterocycles. The van der Waals surface area contributed by atoms with Gasteiger partial charge in [0, 0.05) is 36.8 Å². The summed E-state index contributed by atoms with van der Waals surface area (Å²) in [5.41, 5.74) is -0.911. The molecule has 0 aromatic heterocycles. The number of urea groups is 1. The average molecular weight is 566 g/mol. The van der Waals surface area contributed by atoms with Crippen molar-refractivity contribution in [3.05, 3.63) is 53.3 Å². The van der Waals surface area contributed by atoms with Crippen LogP contribution in [0.2, 0.25) is 0 Å². The van der Waals surface area contributed by atoms with Gasteiger partial charge in [-0.1, -0.05) is 12.1 Å². The second-order valence-electron chi connectivity index (χ2n) is 10.8. The van der Waals surface area contributed by atoms with Crippen LogP contribution in [0.3, 0.4) is 0 Å². The maximum atomic E-state index is 14.5. The summed E-state index contributed by atoms with van der Waals surface area (Å²) < 4.78 is 70.5. The highest BCUT2D eigenvalue weighted by atomic mass is 19.4. The number of likely N-dealkylation sites (tertiary alicyclic amines) is 1. The molecule has 2 amide bonds. The number of alkyl halides is 3. The highest BCUT2D eigenvalue weighted by Gasteiger charge is 2.53. The highest BCUT2D eigenvalue weighted by molar-refractivity contribution is 5.89. The van der Waals surface area contributed by atoms with Crippen LogP contribution in [0.4, 0.5) is 28.0 Å². The summed E-state index contributed by atoms with van der Waals surface area (Å²) in [4.78, 5) is 15.4. The molecule has 7 nitrogen and oxygen atoms in total. The van der Waals surface area contributed by atoms with E-state index >= 15 is 0 Å². The van der Waals surface area contributed by atoms with Gasteiger partial charge in [0.05, 0.1) is 25.5 Å². The predicted octanol–water partition coefficient (Wildman–Crippen LogP) is 5.73. The Kier molecular flexibility index (Phi) is 8.15. The molecule has 5 rings (SSSR count). The van der Waals surface area contributed by atoms with Crippen LogP contribution < -0.4 is 20.1 Å². The molecule has 40 heavy (non-hydrogen) atoms. The Morgan fingerprint density at radius 3 is 2.50 bits per heavy atom. The van der Waals surface area contributed by atoms with Gasteiger partial charge in [-0.15, -0.1) is 0 Å². The predicted molar refractivity (Wildman–Crippen MR) is 141 cm³/mol. The van der Waals surface area contributed by atoms with E-state index in [-0.39, 0.29) is 17.5 Å². The van der Waals surface area contributed by atoms with E-state index in [0.29, 0.717) is 49.7 Å². The Morgan fingerprint density at radius 1 is 1.05 bits per heavy atom. The normalized spacial score (nSPS) is 25.8. The van der Waals surface area contributed by atoms with E-state index in [1.807, 2.05) is 6.07 Å². The SMILES string of the molecule is COc1ccc([C@@]23CC[C@@H](NC(=O)Nc4cccc(C(F)(F)F)c4F)C[C@@H]2N(C2CCOCC2)CC3)cc1OC. The van der Waals surface area contributed by atoms with E-state index in [1.54, 1.807) is 14.2 Å². The van der Waals surface area contributed by atoms with Gasteiger partial charge in [0.1, 0.15) is 0 Å². The number of carbonyl (C=O) groups is 1. The minimum absolute atomic E-state index is 0.123. The van der Waals surface area contributed by atoms with Gasteiger partial charge in [0.25, 0.3) is 0 Å². The first-order valence-corrected chi connectivity index (χ1v) is 13.7. The van der Waals surface area contributed by atoms with Crippen molar-refractivity contribution in [3.8, 4) is 11.5 Å². The van der Waals surface area contributed by atoms with Crippen LogP contribution in [0.25, 0.3) is 0 Å². The zero-order chi connectivity index (χ0) is 28.5. The van der Waals surface area contributed by atoms with Crippen LogP contribution in [0.5, 0.6) is 11.5 Å². The highest BCUT2D eigenvalue weighted by Crippen LogP contribution is 2.51. The molecule has 2 aromatic rings. The lowest BCUT2D eigenvalue weighted by Crippen LogP contribution is -2.55. The number of nitrogens with zero attached hydrogens (tertiary/aromatic N) is 1. The lowest BCUT2D eigenvalue weighted by atomic mass is 9.65. The monoisotopic (exact) mass is 565 g/mol. The zero-order valence-electron chi connectivity index (χ0n) is 22.7. The molecule has 0 unspecified atom stereocenters. The Labute approximate surface area is 231 Å². The van der Waals surface area contributed by atoms with Gasteiger partial charge >= 0.3 is 12.2 Å². The van der Waals surface area contributed by atoms with Gasteiger partial charge in [0.2, 0.25) is 0 Å². The Bertz CT molecular complexity index is 1220. The molecule has 218 valence electrons. The number of ether oxygens (including phenoxy) is 3. The first-order chi connectivity index (χ1) is 19.2. The fourth-order valence-corrected chi connectivity index (χ4v) is 6.84. The van der Waals surface area contributed by atoms with E-state index in [2.05, 4.69) is 27.7 Å². The molecule has 3 atom stereocenters. The summed E-state index contributed by atoms with van der Waals surface area (Å²) >= 11 is 0. The van der Waals surface area contributed by atoms with Crippen molar-refractivity contribution in [2.24, 2.45) is 0 Å². The summed E-state index contributed by atoms with van der Waals surface area (Å²) in [7, 11) is 3.22. The second kappa shape index (κ2) is 11.4. The van der Waals surface area contributed by atoms with Crippen LogP contribution >= 0.6 is 0 Å². The molecule has 3 aliphatic rings. The van der Waals surface area contributed by atoms with E-state index in [1.165, 1.54) is 5.56 Å². The molecule has 2 N–H and O–H groups in total. The van der Waals surface area contributed by atoms with Crippen molar-refractivity contribution in [3.63, 3.8) is 0 Å². The number of rotatable bonds is 6. The number of carbonyl (C=O) groups excluding carboxylic acids is 1. The lowest BCUT2D eigenvalue weighted by molar-refractivity contribution is -0.139. The molecule has 1 saturated carbocycles. The number of nitrogens with one attached hydrogen (secondary N) is 2. The van der Waals surface area contributed by atoms with Crippen LogP contribution in [0.1, 0.15) is 49.7 Å². The number of hydrogen-bond acceptors (Lipinski definition) is 5. The molecule has 11 heteroatoms. The van der Waals surface area contributed by atoms with E-state index in [4.69, 9.17) is 14.2 Å².